The molecule has 1 saturated carbocycles. The number of amides is 4. The van der Waals surface area contributed by atoms with E-state index in [2.05, 4.69) is 10.4 Å². The molecule has 0 bridgehead atoms. The summed E-state index contributed by atoms with van der Waals surface area (Å²) in [6, 6.07) is 1.65. The van der Waals surface area contributed by atoms with Gasteiger partial charge in [0.25, 0.3) is 5.91 Å². The minimum absolute atomic E-state index is 0.205. The molecule has 1 N–H and O–H groups in total. The fourth-order valence-corrected chi connectivity index (χ4v) is 4.23. The van der Waals surface area contributed by atoms with Crippen molar-refractivity contribution in [1.82, 2.24) is 24.9 Å². The maximum atomic E-state index is 12.9. The van der Waals surface area contributed by atoms with E-state index in [1.165, 1.54) is 0 Å². The van der Waals surface area contributed by atoms with E-state index in [0.29, 0.717) is 25.9 Å². The van der Waals surface area contributed by atoms with Crippen molar-refractivity contribution >= 4 is 17.8 Å². The molecule has 4 amide bonds. The third kappa shape index (κ3) is 3.70. The first-order valence-electron chi connectivity index (χ1n) is 9.73. The summed E-state index contributed by atoms with van der Waals surface area (Å²) in [7, 11) is 1.68. The smallest absolute Gasteiger partial charge is 0.327 e. The highest BCUT2D eigenvalue weighted by molar-refractivity contribution is 6.08. The number of nitrogens with one attached hydrogen (secondary N) is 1. The topological polar surface area (TPSA) is 87.5 Å². The van der Waals surface area contributed by atoms with E-state index in [4.69, 9.17) is 0 Å². The van der Waals surface area contributed by atoms with Gasteiger partial charge in [-0.25, -0.2) is 4.79 Å². The fraction of sp³-hybridized carbons (Fsp3) is 0.684. The first-order chi connectivity index (χ1) is 12.8. The number of hydrogen-bond acceptors (Lipinski definition) is 4. The molecule has 0 radical (unpaired) electrons. The lowest BCUT2D eigenvalue weighted by atomic mass is 9.81. The van der Waals surface area contributed by atoms with Crippen LogP contribution >= 0.6 is 0 Å². The van der Waals surface area contributed by atoms with Crippen molar-refractivity contribution in [3.05, 3.63) is 17.5 Å². The zero-order valence-electron chi connectivity index (χ0n) is 16.5. The largest absolute Gasteiger partial charge is 0.354 e. The molecule has 27 heavy (non-hydrogen) atoms. The number of likely N-dealkylation sites (N-methyl/N-ethyl adjacent to an activating group) is 1. The van der Waals surface area contributed by atoms with Gasteiger partial charge in [0, 0.05) is 25.8 Å². The van der Waals surface area contributed by atoms with Gasteiger partial charge < -0.3 is 10.2 Å². The number of carbonyl (C=O) groups is 3. The molecule has 2 heterocycles. The highest BCUT2D eigenvalue weighted by atomic mass is 16.2. The van der Waals surface area contributed by atoms with Gasteiger partial charge >= 0.3 is 6.03 Å². The summed E-state index contributed by atoms with van der Waals surface area (Å²) in [5, 5.41) is 7.20. The van der Waals surface area contributed by atoms with Crippen molar-refractivity contribution in [1.29, 1.82) is 0 Å². The monoisotopic (exact) mass is 375 g/mol. The predicted octanol–water partition coefficient (Wildman–Crippen LogP) is 1.60. The van der Waals surface area contributed by atoms with Crippen molar-refractivity contribution in [3.8, 4) is 0 Å². The molecule has 148 valence electrons. The molecule has 1 saturated heterocycles. The number of nitrogens with zero attached hydrogens (tertiary/aromatic N) is 4. The number of aryl methyl sites for hydroxylation is 3. The Bertz CT molecular complexity index is 736. The summed E-state index contributed by atoms with van der Waals surface area (Å²) in [6.45, 7) is 4.94. The van der Waals surface area contributed by atoms with Gasteiger partial charge in [-0.15, -0.1) is 0 Å². The molecular weight excluding hydrogens is 346 g/mol. The summed E-state index contributed by atoms with van der Waals surface area (Å²) in [4.78, 5) is 40.3. The van der Waals surface area contributed by atoms with Gasteiger partial charge in [0.15, 0.2) is 0 Å². The van der Waals surface area contributed by atoms with E-state index in [1.54, 1.807) is 11.9 Å². The quantitative estimate of drug-likeness (QED) is 0.604. The highest BCUT2D eigenvalue weighted by Crippen LogP contribution is 2.39. The average Bonchev–Trinajstić information content (AvgIpc) is 3.05. The summed E-state index contributed by atoms with van der Waals surface area (Å²) in [5.41, 5.74) is 1.33. The van der Waals surface area contributed by atoms with Gasteiger partial charge in [0.2, 0.25) is 5.91 Å². The minimum atomic E-state index is -0.731. The summed E-state index contributed by atoms with van der Waals surface area (Å²) >= 11 is 0. The second kappa shape index (κ2) is 7.70. The van der Waals surface area contributed by atoms with Gasteiger partial charge in [0.05, 0.1) is 5.69 Å². The van der Waals surface area contributed by atoms with Crippen LogP contribution in [0, 0.1) is 13.8 Å². The maximum Gasteiger partial charge on any atom is 0.327 e. The Morgan fingerprint density at radius 2 is 1.93 bits per heavy atom. The molecule has 0 aromatic carbocycles. The Morgan fingerprint density at radius 3 is 2.56 bits per heavy atom. The number of rotatable bonds is 6. The van der Waals surface area contributed by atoms with Crippen LogP contribution < -0.4 is 5.32 Å². The molecule has 0 unspecified atom stereocenters. The van der Waals surface area contributed by atoms with E-state index in [-0.39, 0.29) is 24.4 Å². The first kappa shape index (κ1) is 19.4. The number of imide groups is 1. The Hall–Kier alpha value is -2.38. The van der Waals surface area contributed by atoms with Gasteiger partial charge in [-0.1, -0.05) is 19.3 Å². The molecule has 8 heteroatoms. The van der Waals surface area contributed by atoms with Gasteiger partial charge in [-0.05, 0) is 39.2 Å². The van der Waals surface area contributed by atoms with Crippen LogP contribution in [0.5, 0.6) is 0 Å². The molecule has 0 atom stereocenters. The molecule has 2 fully saturated rings. The zero-order chi connectivity index (χ0) is 19.6. The molecule has 1 aliphatic carbocycles. The van der Waals surface area contributed by atoms with Crippen LogP contribution in [0.3, 0.4) is 0 Å². The molecule has 8 nitrogen and oxygen atoms in total. The second-order valence-corrected chi connectivity index (χ2v) is 7.68. The summed E-state index contributed by atoms with van der Waals surface area (Å²) in [6.07, 6.45) is 5.08. The van der Waals surface area contributed by atoms with Gasteiger partial charge in [0.1, 0.15) is 12.1 Å². The van der Waals surface area contributed by atoms with E-state index in [1.807, 2.05) is 24.6 Å². The molecule has 1 aliphatic heterocycles. The van der Waals surface area contributed by atoms with Crippen LogP contribution in [0.4, 0.5) is 4.79 Å². The predicted molar refractivity (Wildman–Crippen MR) is 100 cm³/mol. The Balaban J connectivity index is 1.49. The lowest BCUT2D eigenvalue weighted by Crippen LogP contribution is -2.49. The maximum absolute atomic E-state index is 12.9. The summed E-state index contributed by atoms with van der Waals surface area (Å²) < 4.78 is 1.91. The van der Waals surface area contributed by atoms with Crippen LogP contribution in [-0.4, -0.2) is 63.1 Å². The molecule has 1 aromatic rings. The molecule has 1 spiro atoms. The molecular formula is C19H29N5O3. The summed E-state index contributed by atoms with van der Waals surface area (Å²) in [5.74, 6) is -0.515. The molecule has 3 rings (SSSR count). The lowest BCUT2D eigenvalue weighted by molar-refractivity contribution is -0.137. The van der Waals surface area contributed by atoms with Crippen molar-refractivity contribution in [2.75, 3.05) is 20.1 Å². The highest BCUT2D eigenvalue weighted by Gasteiger charge is 2.55. The zero-order valence-corrected chi connectivity index (χ0v) is 16.5. The van der Waals surface area contributed by atoms with E-state index < -0.39 is 5.54 Å². The van der Waals surface area contributed by atoms with Crippen LogP contribution in [0.15, 0.2) is 6.07 Å². The van der Waals surface area contributed by atoms with Crippen molar-refractivity contribution in [2.24, 2.45) is 0 Å². The van der Waals surface area contributed by atoms with E-state index >= 15 is 0 Å². The van der Waals surface area contributed by atoms with Crippen molar-refractivity contribution < 1.29 is 14.4 Å². The number of carbonyl (C=O) groups excluding carboxylic acids is 3. The second-order valence-electron chi connectivity index (χ2n) is 7.68. The minimum Gasteiger partial charge on any atom is -0.354 e. The van der Waals surface area contributed by atoms with Gasteiger partial charge in [-0.3, -0.25) is 19.2 Å². The van der Waals surface area contributed by atoms with Crippen LogP contribution in [0.2, 0.25) is 0 Å². The molecule has 2 aliphatic rings. The normalized spacial score (nSPS) is 19.2. The Labute approximate surface area is 159 Å². The SMILES string of the molecule is Cc1cc(C)n(CCCNC(=O)CN2C(=O)N(C)C3(CCCCC3)C2=O)n1. The van der Waals surface area contributed by atoms with E-state index in [9.17, 15) is 14.4 Å². The lowest BCUT2D eigenvalue weighted by Gasteiger charge is -2.35. The standard InChI is InChI=1S/C19H29N5O3/c1-14-12-15(2)24(21-14)11-7-10-20-16(25)13-23-17(26)19(22(3)18(23)27)8-5-4-6-9-19/h12H,4-11,13H2,1-3H3,(H,20,25). The average molecular weight is 375 g/mol. The van der Waals surface area contributed by atoms with Crippen molar-refractivity contribution in [3.63, 3.8) is 0 Å². The Morgan fingerprint density at radius 1 is 1.22 bits per heavy atom. The number of urea groups is 1. The third-order valence-electron chi connectivity index (χ3n) is 5.76. The number of aromatic nitrogens is 2. The fourth-order valence-electron chi connectivity index (χ4n) is 4.23. The number of hydrogen-bond donors (Lipinski definition) is 1. The first-order valence-corrected chi connectivity index (χ1v) is 9.73. The Kier molecular flexibility index (Phi) is 5.53. The third-order valence-corrected chi connectivity index (χ3v) is 5.76. The van der Waals surface area contributed by atoms with Crippen LogP contribution in [0.1, 0.15) is 49.9 Å². The molecule has 1 aromatic heterocycles. The van der Waals surface area contributed by atoms with E-state index in [0.717, 1.165) is 42.0 Å². The van der Waals surface area contributed by atoms with Crippen LogP contribution in [0.25, 0.3) is 0 Å². The van der Waals surface area contributed by atoms with Crippen LogP contribution in [-0.2, 0) is 16.1 Å². The van der Waals surface area contributed by atoms with Gasteiger partial charge in [-0.2, -0.15) is 5.10 Å². The van der Waals surface area contributed by atoms with Crippen molar-refractivity contribution in [2.45, 2.75) is 64.5 Å².